The number of rotatable bonds is 14. The lowest BCUT2D eigenvalue weighted by Crippen LogP contribution is -2.40. The maximum Gasteiger partial charge on any atom is 0.323 e. The first kappa shape index (κ1) is 30.2. The topological polar surface area (TPSA) is 157 Å². The summed E-state index contributed by atoms with van der Waals surface area (Å²) in [6, 6.07) is 12.6. The number of methoxy groups -OCH3 is 1. The van der Waals surface area contributed by atoms with E-state index in [2.05, 4.69) is 20.6 Å². The second kappa shape index (κ2) is 13.3. The lowest BCUT2D eigenvalue weighted by atomic mass is 9.97. The average molecular weight is 585 g/mol. The van der Waals surface area contributed by atoms with Crippen LogP contribution in [-0.2, 0) is 21.4 Å². The summed E-state index contributed by atoms with van der Waals surface area (Å²) in [7, 11) is 1.18. The van der Waals surface area contributed by atoms with Crippen LogP contribution < -0.4 is 19.7 Å². The van der Waals surface area contributed by atoms with Gasteiger partial charge in [0.25, 0.3) is 10.0 Å². The monoisotopic (exact) mass is 584 g/mol. The van der Waals surface area contributed by atoms with Gasteiger partial charge in [0.2, 0.25) is 0 Å². The van der Waals surface area contributed by atoms with Gasteiger partial charge >= 0.3 is 5.97 Å². The molecule has 2 atom stereocenters. The van der Waals surface area contributed by atoms with E-state index in [1.807, 2.05) is 13.1 Å². The molecule has 4 N–H and O–H groups in total. The molecular formula is C28H36N6O6S. The molecule has 0 saturated carbocycles. The molecule has 1 aliphatic rings. The molecule has 1 aromatic heterocycles. The highest BCUT2D eigenvalue weighted by atomic mass is 32.2. The van der Waals surface area contributed by atoms with Gasteiger partial charge in [-0.2, -0.15) is 0 Å². The Balaban J connectivity index is 1.70. The highest BCUT2D eigenvalue weighted by molar-refractivity contribution is 7.92. The Morgan fingerprint density at radius 3 is 2.63 bits per heavy atom. The van der Waals surface area contributed by atoms with Crippen molar-refractivity contribution >= 4 is 33.3 Å². The zero-order valence-corrected chi connectivity index (χ0v) is 24.1. The Bertz CT molecular complexity index is 1460. The molecule has 220 valence electrons. The number of nitrogens with one attached hydrogen (secondary N) is 2. The first-order valence-electron chi connectivity index (χ1n) is 13.3. The lowest BCUT2D eigenvalue weighted by molar-refractivity contribution is -0.144. The van der Waals surface area contributed by atoms with Gasteiger partial charge in [0.05, 0.1) is 18.6 Å². The summed E-state index contributed by atoms with van der Waals surface area (Å²) in [5.41, 5.74) is 2.08. The van der Waals surface area contributed by atoms with E-state index < -0.39 is 28.6 Å². The van der Waals surface area contributed by atoms with Crippen molar-refractivity contribution in [3.05, 3.63) is 66.0 Å². The van der Waals surface area contributed by atoms with Crippen molar-refractivity contribution in [1.82, 2.24) is 20.2 Å². The number of aliphatic carboxylic acids is 1. The number of hydrogen-bond donors (Lipinski definition) is 4. The Labute approximate surface area is 240 Å². The first-order chi connectivity index (χ1) is 19.7. The molecule has 0 saturated heterocycles. The molecule has 2 unspecified atom stereocenters. The van der Waals surface area contributed by atoms with Crippen molar-refractivity contribution < 1.29 is 28.2 Å². The predicted octanol–water partition coefficient (Wildman–Crippen LogP) is 2.40. The highest BCUT2D eigenvalue weighted by Crippen LogP contribution is 2.44. The van der Waals surface area contributed by atoms with Crippen molar-refractivity contribution in [3.8, 4) is 5.75 Å². The number of sulfonamides is 1. The van der Waals surface area contributed by atoms with Crippen molar-refractivity contribution in [2.45, 2.75) is 36.2 Å². The van der Waals surface area contributed by atoms with Crippen molar-refractivity contribution in [2.24, 2.45) is 0 Å². The summed E-state index contributed by atoms with van der Waals surface area (Å²) in [5, 5.41) is 25.4. The lowest BCUT2D eigenvalue weighted by Gasteiger charge is -2.24. The minimum absolute atomic E-state index is 0.134. The van der Waals surface area contributed by atoms with Gasteiger partial charge in [0.1, 0.15) is 23.9 Å². The van der Waals surface area contributed by atoms with Crippen LogP contribution in [0.3, 0.4) is 0 Å². The Morgan fingerprint density at radius 1 is 1.22 bits per heavy atom. The van der Waals surface area contributed by atoms with E-state index in [1.165, 1.54) is 22.6 Å². The number of fused-ring (bicyclic) bond motifs is 1. The number of anilines is 3. The van der Waals surface area contributed by atoms with Crippen LogP contribution >= 0.6 is 0 Å². The van der Waals surface area contributed by atoms with Crippen LogP contribution in [0.1, 0.15) is 29.9 Å². The Morgan fingerprint density at radius 2 is 1.98 bits per heavy atom. The van der Waals surface area contributed by atoms with Gasteiger partial charge in [-0.3, -0.25) is 9.69 Å². The molecular weight excluding hydrogens is 548 g/mol. The molecule has 0 spiro atoms. The Hall–Kier alpha value is -3.78. The molecule has 0 bridgehead atoms. The zero-order chi connectivity index (χ0) is 29.6. The summed E-state index contributed by atoms with van der Waals surface area (Å²) < 4.78 is 34.1. The van der Waals surface area contributed by atoms with Gasteiger partial charge in [-0.25, -0.2) is 22.7 Å². The molecule has 12 nitrogen and oxygen atoms in total. The number of likely N-dealkylation sites (N-methyl/N-ethyl adjacent to an activating group) is 1. The SMILES string of the molecule is CNCCCC1CN(S(=O)(=O)c2ccccc2)c2ncnc(Nc3ccc(OC)c(CN(C)C(CO)C(=O)O)c3)c21. The molecule has 0 radical (unpaired) electrons. The maximum atomic E-state index is 13.6. The summed E-state index contributed by atoms with van der Waals surface area (Å²) in [4.78, 5) is 22.2. The smallest absolute Gasteiger partial charge is 0.323 e. The molecule has 0 amide bonds. The van der Waals surface area contributed by atoms with E-state index in [-0.39, 0.29) is 23.9 Å². The normalized spacial score (nSPS) is 15.5. The van der Waals surface area contributed by atoms with Crippen molar-refractivity contribution in [3.63, 3.8) is 0 Å². The third kappa shape index (κ3) is 6.59. The molecule has 13 heteroatoms. The number of carboxylic acid groups (broad SMARTS) is 1. The molecule has 4 rings (SSSR count). The van der Waals surface area contributed by atoms with Gasteiger partial charge in [0, 0.05) is 35.8 Å². The van der Waals surface area contributed by atoms with Crippen molar-refractivity contribution in [1.29, 1.82) is 0 Å². The number of nitrogens with zero attached hydrogens (tertiary/aromatic N) is 4. The van der Waals surface area contributed by atoms with Crippen LogP contribution in [0.5, 0.6) is 5.75 Å². The van der Waals surface area contributed by atoms with Crippen LogP contribution in [0.25, 0.3) is 0 Å². The van der Waals surface area contributed by atoms with E-state index in [9.17, 15) is 23.4 Å². The van der Waals surface area contributed by atoms with Crippen LogP contribution in [-0.4, -0.2) is 86.4 Å². The summed E-state index contributed by atoms with van der Waals surface area (Å²) >= 11 is 0. The van der Waals surface area contributed by atoms with Gasteiger partial charge in [-0.15, -0.1) is 0 Å². The van der Waals surface area contributed by atoms with E-state index in [1.54, 1.807) is 49.5 Å². The Kier molecular flexibility index (Phi) is 9.76. The van der Waals surface area contributed by atoms with Crippen LogP contribution in [0.4, 0.5) is 17.3 Å². The molecule has 41 heavy (non-hydrogen) atoms. The van der Waals surface area contributed by atoms with E-state index in [4.69, 9.17) is 4.74 Å². The van der Waals surface area contributed by atoms with Crippen LogP contribution in [0.15, 0.2) is 59.8 Å². The standard InChI is InChI=1S/C28H36N6O6S/c1-29-13-7-8-19-16-34(41(38,39)22-9-5-4-6-10-22)27-25(19)26(30-18-31-27)32-21-11-12-24(40-3)20(14-21)15-33(2)23(17-35)28(36)37/h4-6,9-12,14,18-19,23,29,35H,7-8,13,15-17H2,1-3H3,(H,36,37)(H,30,31,32). The molecule has 2 heterocycles. The molecule has 3 aromatic rings. The molecule has 0 aliphatic carbocycles. The number of ether oxygens (including phenoxy) is 1. The van der Waals surface area contributed by atoms with Gasteiger partial charge in [0.15, 0.2) is 5.82 Å². The summed E-state index contributed by atoms with van der Waals surface area (Å²) in [6.07, 6.45) is 2.91. The highest BCUT2D eigenvalue weighted by Gasteiger charge is 2.39. The first-order valence-corrected chi connectivity index (χ1v) is 14.7. The van der Waals surface area contributed by atoms with E-state index in [0.29, 0.717) is 28.6 Å². The number of aromatic nitrogens is 2. The fourth-order valence-electron chi connectivity index (χ4n) is 5.03. The predicted molar refractivity (Wildman–Crippen MR) is 155 cm³/mol. The third-order valence-corrected chi connectivity index (χ3v) is 8.93. The number of aliphatic hydroxyl groups excluding tert-OH is 1. The van der Waals surface area contributed by atoms with Crippen molar-refractivity contribution in [2.75, 3.05) is 50.5 Å². The maximum absolute atomic E-state index is 13.6. The minimum atomic E-state index is -3.84. The fourth-order valence-corrected chi connectivity index (χ4v) is 6.54. The summed E-state index contributed by atoms with van der Waals surface area (Å²) in [6.45, 7) is 0.707. The molecule has 1 aliphatic heterocycles. The van der Waals surface area contributed by atoms with Gasteiger partial charge in [-0.05, 0) is 63.8 Å². The van der Waals surface area contributed by atoms with Crippen LogP contribution in [0, 0.1) is 0 Å². The van der Waals surface area contributed by atoms with E-state index >= 15 is 0 Å². The zero-order valence-electron chi connectivity index (χ0n) is 23.3. The number of carboxylic acids is 1. The molecule has 0 fully saturated rings. The second-order valence-corrected chi connectivity index (χ2v) is 11.7. The number of aliphatic hydroxyl groups is 1. The average Bonchev–Trinajstić information content (AvgIpc) is 3.34. The fraction of sp³-hybridized carbons (Fsp3) is 0.393. The van der Waals surface area contributed by atoms with Gasteiger partial charge < -0.3 is 25.6 Å². The van der Waals surface area contributed by atoms with E-state index in [0.717, 1.165) is 24.9 Å². The summed E-state index contributed by atoms with van der Waals surface area (Å²) in [5.74, 6) is 0.145. The minimum Gasteiger partial charge on any atom is -0.496 e. The number of benzene rings is 2. The quantitative estimate of drug-likeness (QED) is 0.206. The molecule has 2 aromatic carbocycles. The largest absolute Gasteiger partial charge is 0.496 e. The third-order valence-electron chi connectivity index (χ3n) is 7.16. The van der Waals surface area contributed by atoms with Crippen LogP contribution in [0.2, 0.25) is 0 Å². The number of carbonyl (C=O) groups is 1. The second-order valence-electron chi connectivity index (χ2n) is 9.85. The number of hydrogen-bond acceptors (Lipinski definition) is 10. The van der Waals surface area contributed by atoms with Gasteiger partial charge in [-0.1, -0.05) is 18.2 Å².